The van der Waals surface area contributed by atoms with Crippen molar-refractivity contribution in [3.8, 4) is 72.8 Å². The van der Waals surface area contributed by atoms with Gasteiger partial charge in [0, 0.05) is 55.4 Å². The summed E-state index contributed by atoms with van der Waals surface area (Å²) in [5.41, 5.74) is 30.8. The minimum absolute atomic E-state index is 0.133. The first-order chi connectivity index (χ1) is 60.2. The fraction of sp³-hybridized carbons (Fsp3) is 0.0776. The molecule has 0 spiro atoms. The van der Waals surface area contributed by atoms with Gasteiger partial charge in [-0.25, -0.2) is 0 Å². The number of nitriles is 1. The predicted octanol–water partition coefficient (Wildman–Crippen LogP) is 27.7. The highest BCUT2D eigenvalue weighted by Gasteiger charge is 2.42. The number of fused-ring (bicyclic) bond motifs is 12. The monoisotopic (exact) mass is 1640 g/mol. The fourth-order valence-electron chi connectivity index (χ4n) is 20.1. The van der Waals surface area contributed by atoms with Gasteiger partial charge in [-0.05, 0) is 227 Å². The van der Waals surface area contributed by atoms with Crippen LogP contribution in [-0.2, 0) is 16.2 Å². The summed E-state index contributed by atoms with van der Waals surface area (Å²) >= 11 is 7.64. The molecule has 0 N–H and O–H groups in total. The third-order valence-electron chi connectivity index (χ3n) is 26.6. The van der Waals surface area contributed by atoms with Gasteiger partial charge in [-0.2, -0.15) is 5.26 Å². The van der Waals surface area contributed by atoms with Gasteiger partial charge in [-0.15, -0.1) is 0 Å². The van der Waals surface area contributed by atoms with Crippen LogP contribution in [0.15, 0.2) is 433 Å². The van der Waals surface area contributed by atoms with Crippen molar-refractivity contribution in [3.63, 3.8) is 0 Å². The van der Waals surface area contributed by atoms with Crippen molar-refractivity contribution < 1.29 is 0 Å². The quantitative estimate of drug-likeness (QED) is 0.0896. The summed E-state index contributed by atoms with van der Waals surface area (Å²) in [6, 6.07) is 149. The van der Waals surface area contributed by atoms with Crippen LogP contribution >= 0.6 is 47.0 Å². The molecule has 7 heteroatoms. The van der Waals surface area contributed by atoms with E-state index in [4.69, 9.17) is 0 Å². The first-order valence-electron chi connectivity index (χ1n) is 42.6. The van der Waals surface area contributed by atoms with Gasteiger partial charge < -0.3 is 0 Å². The zero-order valence-electron chi connectivity index (χ0n) is 69.3. The smallest absolute Gasteiger partial charge is 0.192 e. The topological polar surface area (TPSA) is 23.8 Å². The molecule has 4 heterocycles. The van der Waals surface area contributed by atoms with Crippen LogP contribution in [0.4, 0.5) is 0 Å². The molecule has 0 fully saturated rings. The molecule has 0 saturated carbocycles. The lowest BCUT2D eigenvalue weighted by molar-refractivity contribution is 0.641. The van der Waals surface area contributed by atoms with Crippen molar-refractivity contribution >= 4 is 136 Å². The van der Waals surface area contributed by atoms with Crippen molar-refractivity contribution in [3.05, 3.63) is 433 Å². The molecule has 0 unspecified atom stereocenters. The Hall–Kier alpha value is -12.8. The standard InChI is InChI=1S/C62H47BS2.C54H36BNS2/c1-61(2,44-22-10-6-11-23-44)46-32-33-55-53(39-46)63-52-30-18-19-31-54(52)64-56-37-42(38-57(65-55)60(56)63)41-34-43(36-47(35-41)62(3,4)45-24-12-7-13-25-45)59-50-28-16-14-26-48(50)58(40-20-8-5-9-21-40)49-27-15-17-29-51(49)59;1-54(2,39-17-7-4-8-18-39)40-25-26-48-46(32-40)55-45-23-13-14-24-47(45)57-49-30-37(31-50(58-48)53(49)55)36-27-34(33-56)28-38(29-36)52-43-21-11-9-19-41(43)51(35-15-5-3-6-16-35)42-20-10-12-22-44(42)52/h5-39H,1-4H3;3-32H,1-2H3. The van der Waals surface area contributed by atoms with Crippen LogP contribution in [0.5, 0.6) is 0 Å². The average molecular weight is 1640 g/mol. The zero-order valence-corrected chi connectivity index (χ0v) is 72.5. The molecule has 0 aromatic heterocycles. The number of benzene rings is 19. The molecule has 0 bridgehead atoms. The van der Waals surface area contributed by atoms with Crippen LogP contribution in [0.2, 0.25) is 0 Å². The lowest BCUT2D eigenvalue weighted by atomic mass is 9.36. The second kappa shape index (κ2) is 30.7. The number of hydrogen-bond acceptors (Lipinski definition) is 5. The van der Waals surface area contributed by atoms with E-state index in [1.807, 2.05) is 47.0 Å². The highest BCUT2D eigenvalue weighted by Crippen LogP contribution is 2.52. The summed E-state index contributed by atoms with van der Waals surface area (Å²) < 4.78 is 0. The van der Waals surface area contributed by atoms with Crippen LogP contribution in [0.25, 0.3) is 110 Å². The second-order valence-corrected chi connectivity index (χ2v) is 39.1. The van der Waals surface area contributed by atoms with Gasteiger partial charge in [0.1, 0.15) is 0 Å². The van der Waals surface area contributed by atoms with E-state index < -0.39 is 0 Å². The fourth-order valence-corrected chi connectivity index (χ4v) is 25.0. The van der Waals surface area contributed by atoms with Crippen LogP contribution in [0.3, 0.4) is 0 Å². The Kier molecular flexibility index (Phi) is 19.1. The summed E-state index contributed by atoms with van der Waals surface area (Å²) in [5.74, 6) is 0. The molecular weight excluding hydrogens is 1560 g/mol. The number of hydrogen-bond donors (Lipinski definition) is 0. The van der Waals surface area contributed by atoms with E-state index in [1.165, 1.54) is 193 Å². The Morgan fingerprint density at radius 1 is 0.203 bits per heavy atom. The van der Waals surface area contributed by atoms with E-state index >= 15 is 0 Å². The Labute approximate surface area is 738 Å². The molecule has 19 aromatic carbocycles. The third-order valence-corrected chi connectivity index (χ3v) is 31.2. The van der Waals surface area contributed by atoms with Crippen molar-refractivity contribution in [2.75, 3.05) is 0 Å². The van der Waals surface area contributed by atoms with E-state index in [0.717, 1.165) is 22.3 Å². The molecule has 4 aliphatic rings. The third kappa shape index (κ3) is 13.1. The first-order valence-corrected chi connectivity index (χ1v) is 45.9. The van der Waals surface area contributed by atoms with Crippen molar-refractivity contribution in [1.29, 1.82) is 5.26 Å². The van der Waals surface area contributed by atoms with Gasteiger partial charge in [-0.1, -0.05) is 432 Å². The Balaban J connectivity index is 0.000000148. The molecular formula is C116H83B2NS4. The molecule has 0 aliphatic carbocycles. The highest BCUT2D eigenvalue weighted by atomic mass is 32.2. The predicted molar refractivity (Wildman–Crippen MR) is 528 cm³/mol. The largest absolute Gasteiger partial charge is 0.247 e. The average Bonchev–Trinajstić information content (AvgIpc) is 0.723. The van der Waals surface area contributed by atoms with Crippen molar-refractivity contribution in [2.45, 2.75) is 97.0 Å². The van der Waals surface area contributed by atoms with Gasteiger partial charge in [0.15, 0.2) is 0 Å². The molecule has 582 valence electrons. The number of nitrogens with zero attached hydrogens (tertiary/aromatic N) is 1. The highest BCUT2D eigenvalue weighted by molar-refractivity contribution is 8.02. The molecule has 19 aromatic rings. The molecule has 1 nitrogen and oxygen atoms in total. The van der Waals surface area contributed by atoms with E-state index in [-0.39, 0.29) is 29.7 Å². The normalized spacial score (nSPS) is 13.0. The summed E-state index contributed by atoms with van der Waals surface area (Å²) in [7, 11) is 0. The summed E-state index contributed by atoms with van der Waals surface area (Å²) in [6.45, 7) is 14.5. The lowest BCUT2D eigenvalue weighted by Gasteiger charge is -2.35. The summed E-state index contributed by atoms with van der Waals surface area (Å²) in [6.07, 6.45) is 0. The molecule has 23 rings (SSSR count). The summed E-state index contributed by atoms with van der Waals surface area (Å²) in [5, 5.41) is 20.4. The van der Waals surface area contributed by atoms with Crippen LogP contribution in [-0.4, -0.2) is 13.4 Å². The van der Waals surface area contributed by atoms with Gasteiger partial charge in [0.25, 0.3) is 0 Å². The summed E-state index contributed by atoms with van der Waals surface area (Å²) in [4.78, 5) is 10.6. The molecule has 0 amide bonds. The minimum Gasteiger partial charge on any atom is -0.192 e. The Bertz CT molecular complexity index is 7390. The maximum atomic E-state index is 10.5. The van der Waals surface area contributed by atoms with Gasteiger partial charge >= 0.3 is 0 Å². The molecule has 123 heavy (non-hydrogen) atoms. The van der Waals surface area contributed by atoms with E-state index in [1.54, 1.807) is 0 Å². The molecule has 0 atom stereocenters. The van der Waals surface area contributed by atoms with E-state index in [0.29, 0.717) is 5.56 Å². The lowest BCUT2D eigenvalue weighted by Crippen LogP contribution is -2.58. The first kappa shape index (κ1) is 76.4. The number of rotatable bonds is 12. The van der Waals surface area contributed by atoms with Gasteiger partial charge in [-0.3, -0.25) is 0 Å². The van der Waals surface area contributed by atoms with Gasteiger partial charge in [0.05, 0.1) is 11.6 Å². The molecule has 0 saturated heterocycles. The van der Waals surface area contributed by atoms with E-state index in [9.17, 15) is 5.26 Å². The Morgan fingerprint density at radius 3 is 0.813 bits per heavy atom. The van der Waals surface area contributed by atoms with Crippen molar-refractivity contribution in [2.24, 2.45) is 0 Å². The maximum Gasteiger partial charge on any atom is 0.247 e. The second-order valence-electron chi connectivity index (χ2n) is 34.7. The van der Waals surface area contributed by atoms with Crippen LogP contribution in [0.1, 0.15) is 80.5 Å². The minimum atomic E-state index is -0.262. The maximum absolute atomic E-state index is 10.5. The molecule has 4 aliphatic heterocycles. The van der Waals surface area contributed by atoms with Crippen LogP contribution in [0, 0.1) is 11.3 Å². The van der Waals surface area contributed by atoms with E-state index in [2.05, 4.69) is 442 Å². The van der Waals surface area contributed by atoms with Crippen LogP contribution < -0.4 is 32.8 Å². The van der Waals surface area contributed by atoms with Gasteiger partial charge in [0.2, 0.25) is 13.4 Å². The Morgan fingerprint density at radius 2 is 0.463 bits per heavy atom. The molecule has 0 radical (unpaired) electrons. The SMILES string of the molecule is CC(C)(c1ccccc1)c1cc(-c2cc3c4c(c2)Sc2ccc(C(C)(C)c5ccccc5)cc2B4c2ccccc2S3)cc(-c2c3ccccc3c(-c3ccccc3)c3ccccc23)c1.CC(C)(c1ccccc1)c1ccc2c(c1)B1c3ccccc3Sc3cc(-c4cc(C#N)cc(-c5c6ccccc6c(-c6ccccc6)c6ccccc56)c4)cc(c31)S2. The van der Waals surface area contributed by atoms with Crippen molar-refractivity contribution in [1.82, 2.24) is 0 Å². The zero-order chi connectivity index (χ0) is 82.8.